The summed E-state index contributed by atoms with van der Waals surface area (Å²) >= 11 is 5.88. The smallest absolute Gasteiger partial charge is 0.130 e. The fourth-order valence-electron chi connectivity index (χ4n) is 2.59. The van der Waals surface area contributed by atoms with Crippen LogP contribution in [0.2, 0.25) is 5.02 Å². The SMILES string of the molecule is [CH2]c1cc(C#CCCN2CCOCC2)ccc1Oc1ccc(Cl)cc1. The Morgan fingerprint density at radius 1 is 1.12 bits per heavy atom. The van der Waals surface area contributed by atoms with Gasteiger partial charge in [0.05, 0.1) is 13.2 Å². The first kappa shape index (κ1) is 17.8. The summed E-state index contributed by atoms with van der Waals surface area (Å²) in [6.45, 7) is 8.70. The molecule has 0 aliphatic carbocycles. The Hall–Kier alpha value is -1.99. The lowest BCUT2D eigenvalue weighted by Gasteiger charge is -2.25. The summed E-state index contributed by atoms with van der Waals surface area (Å²) in [6.07, 6.45) is 0.857. The second kappa shape index (κ2) is 8.92. The monoisotopic (exact) mass is 354 g/mol. The molecule has 0 aromatic heterocycles. The van der Waals surface area contributed by atoms with E-state index in [1.165, 1.54) is 0 Å². The molecule has 3 rings (SSSR count). The molecule has 0 bridgehead atoms. The summed E-state index contributed by atoms with van der Waals surface area (Å²) < 4.78 is 11.2. The third kappa shape index (κ3) is 5.51. The number of halogens is 1. The van der Waals surface area contributed by atoms with Crippen molar-refractivity contribution in [3.63, 3.8) is 0 Å². The number of morpholine rings is 1. The highest BCUT2D eigenvalue weighted by Gasteiger charge is 2.08. The van der Waals surface area contributed by atoms with Crippen LogP contribution >= 0.6 is 11.6 Å². The van der Waals surface area contributed by atoms with Crippen LogP contribution in [0.15, 0.2) is 42.5 Å². The van der Waals surface area contributed by atoms with Crippen molar-refractivity contribution in [2.24, 2.45) is 0 Å². The molecule has 4 heteroatoms. The number of benzene rings is 2. The van der Waals surface area contributed by atoms with E-state index < -0.39 is 0 Å². The Morgan fingerprint density at radius 2 is 1.88 bits per heavy atom. The van der Waals surface area contributed by atoms with E-state index in [-0.39, 0.29) is 0 Å². The Kier molecular flexibility index (Phi) is 6.36. The Bertz CT molecular complexity index is 756. The minimum absolute atomic E-state index is 0.685. The maximum absolute atomic E-state index is 5.88. The van der Waals surface area contributed by atoms with Crippen LogP contribution in [0.1, 0.15) is 17.5 Å². The Morgan fingerprint density at radius 3 is 2.60 bits per heavy atom. The minimum Gasteiger partial charge on any atom is -0.457 e. The Labute approximate surface area is 154 Å². The molecule has 3 nitrogen and oxygen atoms in total. The second-order valence-electron chi connectivity index (χ2n) is 5.88. The van der Waals surface area contributed by atoms with Crippen molar-refractivity contribution >= 4 is 11.6 Å². The van der Waals surface area contributed by atoms with Crippen molar-refractivity contribution in [3.05, 3.63) is 65.5 Å². The van der Waals surface area contributed by atoms with Gasteiger partial charge in [0.1, 0.15) is 11.5 Å². The summed E-state index contributed by atoms with van der Waals surface area (Å²) in [6, 6.07) is 13.1. The van der Waals surface area contributed by atoms with Crippen LogP contribution in [-0.2, 0) is 4.74 Å². The third-order valence-electron chi connectivity index (χ3n) is 3.99. The van der Waals surface area contributed by atoms with Crippen molar-refractivity contribution in [3.8, 4) is 23.3 Å². The maximum atomic E-state index is 5.88. The molecule has 0 unspecified atom stereocenters. The van der Waals surface area contributed by atoms with Gasteiger partial charge in [0.15, 0.2) is 0 Å². The van der Waals surface area contributed by atoms with Gasteiger partial charge in [-0.25, -0.2) is 0 Å². The predicted molar refractivity (Wildman–Crippen MR) is 101 cm³/mol. The quantitative estimate of drug-likeness (QED) is 0.760. The molecule has 129 valence electrons. The lowest BCUT2D eigenvalue weighted by molar-refractivity contribution is 0.0390. The van der Waals surface area contributed by atoms with Crippen LogP contribution < -0.4 is 4.74 Å². The molecular weight excluding hydrogens is 334 g/mol. The first-order chi connectivity index (χ1) is 12.2. The standard InChI is InChI=1S/C21H21ClNO2/c1-17-16-18(4-2-3-11-23-12-14-24-15-13-23)5-10-21(17)25-20-8-6-19(22)7-9-20/h5-10,16H,1,3,11-15H2. The fourth-order valence-corrected chi connectivity index (χ4v) is 2.72. The van der Waals surface area contributed by atoms with Crippen LogP contribution in [0.3, 0.4) is 0 Å². The van der Waals surface area contributed by atoms with Gasteiger partial charge in [0.25, 0.3) is 0 Å². The van der Waals surface area contributed by atoms with Crippen LogP contribution in [0.4, 0.5) is 0 Å². The molecule has 2 aromatic carbocycles. The van der Waals surface area contributed by atoms with Gasteiger partial charge in [-0.1, -0.05) is 23.4 Å². The molecule has 1 fully saturated rings. The molecule has 2 aromatic rings. The van der Waals surface area contributed by atoms with Crippen molar-refractivity contribution < 1.29 is 9.47 Å². The molecular formula is C21H21ClNO2. The molecule has 1 radical (unpaired) electrons. The molecule has 1 heterocycles. The van der Waals surface area contributed by atoms with E-state index >= 15 is 0 Å². The molecule has 1 aliphatic heterocycles. The second-order valence-corrected chi connectivity index (χ2v) is 6.32. The maximum Gasteiger partial charge on any atom is 0.130 e. The van der Waals surface area contributed by atoms with E-state index in [4.69, 9.17) is 21.1 Å². The van der Waals surface area contributed by atoms with Gasteiger partial charge in [-0.3, -0.25) is 4.90 Å². The van der Waals surface area contributed by atoms with Crippen LogP contribution in [0.25, 0.3) is 0 Å². The van der Waals surface area contributed by atoms with Gasteiger partial charge in [-0.15, -0.1) is 0 Å². The van der Waals surface area contributed by atoms with Gasteiger partial charge >= 0.3 is 0 Å². The van der Waals surface area contributed by atoms with Crippen molar-refractivity contribution in [1.82, 2.24) is 4.90 Å². The highest BCUT2D eigenvalue weighted by molar-refractivity contribution is 6.30. The lowest BCUT2D eigenvalue weighted by atomic mass is 10.1. The molecule has 0 saturated carbocycles. The topological polar surface area (TPSA) is 21.7 Å². The van der Waals surface area contributed by atoms with E-state index in [1.807, 2.05) is 30.3 Å². The largest absolute Gasteiger partial charge is 0.457 e. The van der Waals surface area contributed by atoms with Crippen LogP contribution in [-0.4, -0.2) is 37.7 Å². The summed E-state index contributed by atoms with van der Waals surface area (Å²) in [7, 11) is 0. The summed E-state index contributed by atoms with van der Waals surface area (Å²) in [5, 5.41) is 0.685. The van der Waals surface area contributed by atoms with Gasteiger partial charge < -0.3 is 9.47 Å². The van der Waals surface area contributed by atoms with Gasteiger partial charge in [-0.05, 0) is 55.0 Å². The lowest BCUT2D eigenvalue weighted by Crippen LogP contribution is -2.36. The molecule has 1 saturated heterocycles. The zero-order valence-corrected chi connectivity index (χ0v) is 14.9. The minimum atomic E-state index is 0.685. The zero-order chi connectivity index (χ0) is 17.5. The van der Waals surface area contributed by atoms with E-state index in [9.17, 15) is 0 Å². The molecule has 0 amide bonds. The third-order valence-corrected chi connectivity index (χ3v) is 4.24. The Balaban J connectivity index is 1.56. The molecule has 0 atom stereocenters. The first-order valence-electron chi connectivity index (χ1n) is 8.39. The van der Waals surface area contributed by atoms with Crippen molar-refractivity contribution in [1.29, 1.82) is 0 Å². The first-order valence-corrected chi connectivity index (χ1v) is 8.77. The summed E-state index contributed by atoms with van der Waals surface area (Å²) in [4.78, 5) is 2.38. The van der Waals surface area contributed by atoms with Gasteiger partial charge in [-0.2, -0.15) is 0 Å². The molecule has 25 heavy (non-hydrogen) atoms. The van der Waals surface area contributed by atoms with E-state index in [0.29, 0.717) is 5.02 Å². The van der Waals surface area contributed by atoms with E-state index in [2.05, 4.69) is 23.7 Å². The van der Waals surface area contributed by atoms with Crippen molar-refractivity contribution in [2.75, 3.05) is 32.8 Å². The summed E-state index contributed by atoms with van der Waals surface area (Å²) in [5.74, 6) is 7.90. The number of hydrogen-bond acceptors (Lipinski definition) is 3. The highest BCUT2D eigenvalue weighted by Crippen LogP contribution is 2.26. The zero-order valence-electron chi connectivity index (χ0n) is 14.1. The van der Waals surface area contributed by atoms with Crippen LogP contribution in [0, 0.1) is 18.8 Å². The fraction of sp³-hybridized carbons (Fsp3) is 0.286. The molecule has 0 spiro atoms. The van der Waals surface area contributed by atoms with Gasteiger partial charge in [0, 0.05) is 36.6 Å². The normalized spacial score (nSPS) is 14.6. The molecule has 0 N–H and O–H groups in total. The molecule has 1 aliphatic rings. The van der Waals surface area contributed by atoms with E-state index in [0.717, 1.165) is 61.9 Å². The number of ether oxygens (including phenoxy) is 2. The predicted octanol–water partition coefficient (Wildman–Crippen LogP) is 4.39. The summed E-state index contributed by atoms with van der Waals surface area (Å²) in [5.41, 5.74) is 1.77. The highest BCUT2D eigenvalue weighted by atomic mass is 35.5. The van der Waals surface area contributed by atoms with E-state index in [1.54, 1.807) is 12.1 Å². The number of rotatable bonds is 4. The average molecular weight is 355 g/mol. The number of nitrogens with zero attached hydrogens (tertiary/aromatic N) is 1. The van der Waals surface area contributed by atoms with Crippen LogP contribution in [0.5, 0.6) is 11.5 Å². The average Bonchev–Trinajstić information content (AvgIpc) is 2.63. The van der Waals surface area contributed by atoms with Crippen molar-refractivity contribution in [2.45, 2.75) is 6.42 Å². The van der Waals surface area contributed by atoms with Gasteiger partial charge in [0.2, 0.25) is 0 Å². The number of hydrogen-bond donors (Lipinski definition) is 0.